The van der Waals surface area contributed by atoms with Crippen LogP contribution < -0.4 is 0 Å². The first kappa shape index (κ1) is 101. The van der Waals surface area contributed by atoms with E-state index in [9.17, 15) is 43.2 Å². The molecule has 0 saturated heterocycles. The third kappa shape index (κ3) is 78.0. The van der Waals surface area contributed by atoms with Gasteiger partial charge in [0.15, 0.2) is 12.2 Å². The first-order valence-electron chi connectivity index (χ1n) is 43.5. The van der Waals surface area contributed by atoms with E-state index in [-0.39, 0.29) is 25.7 Å². The lowest BCUT2D eigenvalue weighted by Gasteiger charge is -2.21. The molecule has 0 aliphatic carbocycles. The largest absolute Gasteiger partial charge is 0.472 e. The van der Waals surface area contributed by atoms with Crippen LogP contribution >= 0.6 is 15.6 Å². The van der Waals surface area contributed by atoms with E-state index in [1.165, 1.54) is 263 Å². The van der Waals surface area contributed by atoms with Gasteiger partial charge < -0.3 is 33.8 Å². The highest BCUT2D eigenvalue weighted by Gasteiger charge is 2.30. The second kappa shape index (κ2) is 75.5. The molecular weight excluding hydrogens is 1340 g/mol. The van der Waals surface area contributed by atoms with Gasteiger partial charge >= 0.3 is 39.5 Å². The molecule has 2 unspecified atom stereocenters. The number of hydrogen-bond acceptors (Lipinski definition) is 15. The summed E-state index contributed by atoms with van der Waals surface area (Å²) in [6.07, 6.45) is 66.7. The number of phosphoric acid groups is 2. The quantitative estimate of drug-likeness (QED) is 0.0222. The number of aliphatic hydroxyl groups excluding tert-OH is 1. The predicted molar refractivity (Wildman–Crippen MR) is 423 cm³/mol. The Balaban J connectivity index is 5.22. The topological polar surface area (TPSA) is 237 Å². The maximum absolute atomic E-state index is 13.1. The molecule has 0 heterocycles. The molecule has 0 rings (SSSR count). The van der Waals surface area contributed by atoms with E-state index >= 15 is 0 Å². The molecule has 3 N–H and O–H groups in total. The third-order valence-electron chi connectivity index (χ3n) is 19.7. The fourth-order valence-electron chi connectivity index (χ4n) is 13.1. The highest BCUT2D eigenvalue weighted by Crippen LogP contribution is 2.45. The number of unbranched alkanes of at least 4 members (excludes halogenated alkanes) is 53. The molecule has 0 aliphatic rings. The number of hydrogen-bond donors (Lipinski definition) is 3. The molecule has 0 radical (unpaired) electrons. The van der Waals surface area contributed by atoms with Crippen molar-refractivity contribution < 1.29 is 80.2 Å². The first-order valence-corrected chi connectivity index (χ1v) is 46.5. The van der Waals surface area contributed by atoms with E-state index in [2.05, 4.69) is 41.5 Å². The van der Waals surface area contributed by atoms with Gasteiger partial charge in [0.1, 0.15) is 19.3 Å². The zero-order chi connectivity index (χ0) is 75.6. The number of carbonyl (C=O) groups excluding carboxylic acids is 4. The van der Waals surface area contributed by atoms with Crippen molar-refractivity contribution >= 4 is 39.5 Å². The number of aliphatic hydroxyl groups is 1. The molecule has 103 heavy (non-hydrogen) atoms. The molecule has 0 aromatic rings. The van der Waals surface area contributed by atoms with Crippen LogP contribution in [0.15, 0.2) is 0 Å². The molecule has 0 aliphatic heterocycles. The number of esters is 4. The Hall–Kier alpha value is -1.94. The lowest BCUT2D eigenvalue weighted by molar-refractivity contribution is -0.161. The van der Waals surface area contributed by atoms with Crippen LogP contribution in [0.3, 0.4) is 0 Å². The van der Waals surface area contributed by atoms with Gasteiger partial charge in [0.25, 0.3) is 0 Å². The Kier molecular flexibility index (Phi) is 74.1. The summed E-state index contributed by atoms with van der Waals surface area (Å²) in [7, 11) is -9.92. The van der Waals surface area contributed by atoms with E-state index < -0.39 is 97.5 Å². The Labute approximate surface area is 632 Å². The van der Waals surface area contributed by atoms with Crippen LogP contribution in [0.4, 0.5) is 0 Å². The van der Waals surface area contributed by atoms with Crippen LogP contribution in [-0.2, 0) is 65.4 Å². The Bertz CT molecular complexity index is 1980. The Morgan fingerprint density at radius 1 is 0.262 bits per heavy atom. The minimum Gasteiger partial charge on any atom is -0.462 e. The highest BCUT2D eigenvalue weighted by atomic mass is 31.2. The summed E-state index contributed by atoms with van der Waals surface area (Å²) in [5.74, 6) is -0.534. The van der Waals surface area contributed by atoms with E-state index in [0.29, 0.717) is 25.7 Å². The molecule has 19 heteroatoms. The molecular formula is C84H164O17P2. The summed E-state index contributed by atoms with van der Waals surface area (Å²) in [6.45, 7) is 9.67. The fourth-order valence-corrected chi connectivity index (χ4v) is 14.6. The second-order valence-corrected chi connectivity index (χ2v) is 34.1. The van der Waals surface area contributed by atoms with Gasteiger partial charge in [-0.05, 0) is 37.5 Å². The number of phosphoric ester groups is 2. The summed E-state index contributed by atoms with van der Waals surface area (Å²) >= 11 is 0. The molecule has 0 bridgehead atoms. The molecule has 0 fully saturated rings. The summed E-state index contributed by atoms with van der Waals surface area (Å²) in [6, 6.07) is 0. The van der Waals surface area contributed by atoms with Gasteiger partial charge in [-0.3, -0.25) is 37.3 Å². The second-order valence-electron chi connectivity index (χ2n) is 31.2. The average molecular weight is 1510 g/mol. The van der Waals surface area contributed by atoms with Crippen molar-refractivity contribution in [2.45, 2.75) is 464 Å². The first-order chi connectivity index (χ1) is 49.9. The number of rotatable bonds is 83. The minimum atomic E-state index is -4.96. The van der Waals surface area contributed by atoms with Crippen LogP contribution in [0.1, 0.15) is 446 Å². The zero-order valence-corrected chi connectivity index (χ0v) is 69.4. The lowest BCUT2D eigenvalue weighted by atomic mass is 10.0. The van der Waals surface area contributed by atoms with Crippen molar-refractivity contribution in [3.8, 4) is 0 Å². The smallest absolute Gasteiger partial charge is 0.462 e. The van der Waals surface area contributed by atoms with Crippen LogP contribution in [0.25, 0.3) is 0 Å². The van der Waals surface area contributed by atoms with E-state index in [4.69, 9.17) is 37.0 Å². The van der Waals surface area contributed by atoms with Crippen molar-refractivity contribution in [3.05, 3.63) is 0 Å². The van der Waals surface area contributed by atoms with Crippen molar-refractivity contribution in [1.29, 1.82) is 0 Å². The van der Waals surface area contributed by atoms with Crippen LogP contribution in [0.5, 0.6) is 0 Å². The van der Waals surface area contributed by atoms with E-state index in [0.717, 1.165) is 102 Å². The summed E-state index contributed by atoms with van der Waals surface area (Å²) in [5.41, 5.74) is 0. The summed E-state index contributed by atoms with van der Waals surface area (Å²) in [5, 5.41) is 10.7. The van der Waals surface area contributed by atoms with E-state index in [1.54, 1.807) is 0 Å². The summed E-state index contributed by atoms with van der Waals surface area (Å²) < 4.78 is 68.8. The van der Waals surface area contributed by atoms with Gasteiger partial charge in [-0.1, -0.05) is 395 Å². The van der Waals surface area contributed by atoms with Gasteiger partial charge in [0, 0.05) is 25.7 Å². The molecule has 17 nitrogen and oxygen atoms in total. The van der Waals surface area contributed by atoms with Crippen molar-refractivity contribution in [1.82, 2.24) is 0 Å². The SMILES string of the molecule is CCCCCCCCCCCCCCCCCCCCCCCC(=O)O[C@H](COC(=O)CCCCCCCCCCCCCCCCCC(C)C)COP(=O)(O)OC[C@@H](O)COP(=O)(O)OC[C@@H](COC(=O)CCCCCCCCCCCC)OC(=O)CCCCCCCCCCCCCC(C)C. The molecule has 0 aromatic heterocycles. The van der Waals surface area contributed by atoms with Gasteiger partial charge in [-0.15, -0.1) is 0 Å². The zero-order valence-electron chi connectivity index (χ0n) is 67.6. The Morgan fingerprint density at radius 2 is 0.447 bits per heavy atom. The van der Waals surface area contributed by atoms with Gasteiger partial charge in [0.2, 0.25) is 0 Å². The van der Waals surface area contributed by atoms with Crippen LogP contribution in [0, 0.1) is 11.8 Å². The highest BCUT2D eigenvalue weighted by molar-refractivity contribution is 7.47. The minimum absolute atomic E-state index is 0.107. The summed E-state index contributed by atoms with van der Waals surface area (Å²) in [4.78, 5) is 73.1. The van der Waals surface area contributed by atoms with Crippen molar-refractivity contribution in [2.24, 2.45) is 11.8 Å². The number of carbonyl (C=O) groups is 4. The average Bonchev–Trinajstić information content (AvgIpc) is 0.935. The van der Waals surface area contributed by atoms with Gasteiger partial charge in [0.05, 0.1) is 26.4 Å². The predicted octanol–water partition coefficient (Wildman–Crippen LogP) is 25.5. The molecule has 612 valence electrons. The fraction of sp³-hybridized carbons (Fsp3) is 0.952. The number of ether oxygens (including phenoxy) is 4. The van der Waals surface area contributed by atoms with Crippen molar-refractivity contribution in [3.63, 3.8) is 0 Å². The molecule has 0 amide bonds. The monoisotopic (exact) mass is 1510 g/mol. The molecule has 0 aromatic carbocycles. The molecule has 5 atom stereocenters. The standard InChI is InChI=1S/C84H164O17P2/c1-7-9-11-13-15-17-19-20-21-22-23-24-25-26-29-33-38-44-50-56-62-68-83(88)100-80(73-95-82(87)67-61-55-49-43-37-32-30-27-28-31-35-40-46-52-58-64-76(3)4)75-99-103(92,93)97-71-78(85)70-96-102(90,91)98-74-79(72-94-81(86)66-60-54-48-42-18-16-14-12-10-8-2)101-84(89)69-63-57-51-45-39-34-36-41-47-53-59-65-77(5)6/h76-80,85H,7-75H2,1-6H3,(H,90,91)(H,92,93)/t78-,79+,80+/m0/s1. The molecule has 0 spiro atoms. The maximum Gasteiger partial charge on any atom is 0.472 e. The molecule has 0 saturated carbocycles. The maximum atomic E-state index is 13.1. The lowest BCUT2D eigenvalue weighted by Crippen LogP contribution is -2.30. The van der Waals surface area contributed by atoms with E-state index in [1.807, 2.05) is 0 Å². The van der Waals surface area contributed by atoms with Crippen molar-refractivity contribution in [2.75, 3.05) is 39.6 Å². The van der Waals surface area contributed by atoms with Gasteiger partial charge in [-0.2, -0.15) is 0 Å². The normalized spacial score (nSPS) is 13.9. The van der Waals surface area contributed by atoms with Gasteiger partial charge in [-0.25, -0.2) is 9.13 Å². The van der Waals surface area contributed by atoms with Crippen LogP contribution in [0.2, 0.25) is 0 Å². The Morgan fingerprint density at radius 3 is 0.660 bits per heavy atom. The third-order valence-corrected chi connectivity index (χ3v) is 21.6. The van der Waals surface area contributed by atoms with Crippen LogP contribution in [-0.4, -0.2) is 96.7 Å².